The second-order valence-corrected chi connectivity index (χ2v) is 6.68. The van der Waals surface area contributed by atoms with Crippen molar-refractivity contribution in [3.63, 3.8) is 0 Å². The van der Waals surface area contributed by atoms with Crippen LogP contribution in [0.15, 0.2) is 47.4 Å². The second kappa shape index (κ2) is 5.83. The summed E-state index contributed by atoms with van der Waals surface area (Å²) in [6.07, 6.45) is 0. The first-order valence-electron chi connectivity index (χ1n) is 5.80. The summed E-state index contributed by atoms with van der Waals surface area (Å²) in [7, 11) is -3.88. The van der Waals surface area contributed by atoms with Crippen LogP contribution < -0.4 is 0 Å². The summed E-state index contributed by atoms with van der Waals surface area (Å²) < 4.78 is 38.1. The number of halogens is 2. The molecule has 2 aromatic rings. The molecular formula is C14H10ClFO4S. The molecule has 21 heavy (non-hydrogen) atoms. The minimum Gasteiger partial charge on any atom is -0.478 e. The Morgan fingerprint density at radius 2 is 1.81 bits per heavy atom. The average Bonchev–Trinajstić information content (AvgIpc) is 2.38. The standard InChI is InChI=1S/C14H10ClFO4S/c15-11-7-12(16)10(14(17)18)6-13(11)21(19,20)8-9-4-2-1-3-5-9/h1-7H,8H2,(H,17,18). The van der Waals surface area contributed by atoms with Crippen molar-refractivity contribution in [2.45, 2.75) is 10.6 Å². The Kier molecular flexibility index (Phi) is 4.29. The lowest BCUT2D eigenvalue weighted by molar-refractivity contribution is 0.0691. The first-order valence-corrected chi connectivity index (χ1v) is 7.83. The predicted octanol–water partition coefficient (Wildman–Crippen LogP) is 3.15. The van der Waals surface area contributed by atoms with E-state index in [0.29, 0.717) is 11.6 Å². The first kappa shape index (κ1) is 15.5. The van der Waals surface area contributed by atoms with Crippen molar-refractivity contribution in [3.05, 3.63) is 64.4 Å². The molecule has 110 valence electrons. The minimum atomic E-state index is -3.88. The van der Waals surface area contributed by atoms with Gasteiger partial charge in [-0.25, -0.2) is 17.6 Å². The number of hydrogen-bond donors (Lipinski definition) is 1. The van der Waals surface area contributed by atoms with E-state index in [0.717, 1.165) is 6.07 Å². The number of carboxylic acids is 1. The Bertz CT molecular complexity index is 788. The van der Waals surface area contributed by atoms with Crippen LogP contribution in [-0.2, 0) is 15.6 Å². The molecule has 0 aliphatic carbocycles. The molecule has 7 heteroatoms. The normalized spacial score (nSPS) is 11.3. The van der Waals surface area contributed by atoms with Gasteiger partial charge in [0.25, 0.3) is 0 Å². The van der Waals surface area contributed by atoms with Crippen molar-refractivity contribution >= 4 is 27.4 Å². The highest BCUT2D eigenvalue weighted by Crippen LogP contribution is 2.27. The largest absolute Gasteiger partial charge is 0.478 e. The van der Waals surface area contributed by atoms with Gasteiger partial charge in [-0.05, 0) is 17.7 Å². The molecule has 0 radical (unpaired) electrons. The van der Waals surface area contributed by atoms with E-state index in [9.17, 15) is 17.6 Å². The van der Waals surface area contributed by atoms with Crippen LogP contribution in [0.3, 0.4) is 0 Å². The summed E-state index contributed by atoms with van der Waals surface area (Å²) in [6, 6.07) is 9.78. The predicted molar refractivity (Wildman–Crippen MR) is 75.7 cm³/mol. The zero-order chi connectivity index (χ0) is 15.6. The second-order valence-electron chi connectivity index (χ2n) is 4.31. The van der Waals surface area contributed by atoms with Gasteiger partial charge in [0.1, 0.15) is 5.82 Å². The number of carboxylic acid groups (broad SMARTS) is 1. The Labute approximate surface area is 125 Å². The number of rotatable bonds is 4. The maximum absolute atomic E-state index is 13.4. The van der Waals surface area contributed by atoms with Crippen molar-refractivity contribution in [2.75, 3.05) is 0 Å². The molecule has 0 unspecified atom stereocenters. The van der Waals surface area contributed by atoms with Crippen LogP contribution >= 0.6 is 11.6 Å². The van der Waals surface area contributed by atoms with Crippen molar-refractivity contribution < 1.29 is 22.7 Å². The van der Waals surface area contributed by atoms with Crippen molar-refractivity contribution in [1.29, 1.82) is 0 Å². The Morgan fingerprint density at radius 3 is 2.38 bits per heavy atom. The summed E-state index contributed by atoms with van der Waals surface area (Å²) in [5, 5.41) is 8.52. The molecule has 0 spiro atoms. The monoisotopic (exact) mass is 328 g/mol. The summed E-state index contributed by atoms with van der Waals surface area (Å²) in [5.41, 5.74) is -0.208. The number of aromatic carboxylic acids is 1. The highest BCUT2D eigenvalue weighted by molar-refractivity contribution is 7.90. The van der Waals surface area contributed by atoms with Crippen LogP contribution in [0.25, 0.3) is 0 Å². The molecule has 1 N–H and O–H groups in total. The third kappa shape index (κ3) is 3.40. The number of hydrogen-bond acceptors (Lipinski definition) is 3. The van der Waals surface area contributed by atoms with E-state index < -0.39 is 32.1 Å². The van der Waals surface area contributed by atoms with Gasteiger partial charge in [-0.3, -0.25) is 0 Å². The van der Waals surface area contributed by atoms with Gasteiger partial charge in [-0.1, -0.05) is 41.9 Å². The van der Waals surface area contributed by atoms with Crippen LogP contribution in [0.2, 0.25) is 5.02 Å². The van der Waals surface area contributed by atoms with E-state index in [1.165, 1.54) is 0 Å². The van der Waals surface area contributed by atoms with E-state index >= 15 is 0 Å². The summed E-state index contributed by atoms with van der Waals surface area (Å²) in [5.74, 6) is -2.98. The number of sulfone groups is 1. The van der Waals surface area contributed by atoms with E-state index in [-0.39, 0.29) is 10.8 Å². The van der Waals surface area contributed by atoms with Crippen LogP contribution in [-0.4, -0.2) is 19.5 Å². The van der Waals surface area contributed by atoms with Gasteiger partial charge in [-0.2, -0.15) is 0 Å². The summed E-state index contributed by atoms with van der Waals surface area (Å²) in [4.78, 5) is 10.5. The van der Waals surface area contributed by atoms with Crippen LogP contribution in [0.5, 0.6) is 0 Å². The molecule has 0 heterocycles. The van der Waals surface area contributed by atoms with Crippen LogP contribution in [0.1, 0.15) is 15.9 Å². The SMILES string of the molecule is O=C(O)c1cc(S(=O)(=O)Cc2ccccc2)c(Cl)cc1F. The highest BCUT2D eigenvalue weighted by Gasteiger charge is 2.23. The zero-order valence-corrected chi connectivity index (χ0v) is 12.2. The third-order valence-corrected chi connectivity index (χ3v) is 4.93. The molecule has 0 aliphatic rings. The van der Waals surface area contributed by atoms with E-state index in [2.05, 4.69) is 0 Å². The van der Waals surface area contributed by atoms with Gasteiger partial charge >= 0.3 is 5.97 Å². The molecule has 0 saturated carbocycles. The minimum absolute atomic E-state index is 0.339. The highest BCUT2D eigenvalue weighted by atomic mass is 35.5. The molecule has 0 atom stereocenters. The van der Waals surface area contributed by atoms with Crippen molar-refractivity contribution in [1.82, 2.24) is 0 Å². The average molecular weight is 329 g/mol. The Balaban J connectivity index is 2.50. The molecule has 2 rings (SSSR count). The lowest BCUT2D eigenvalue weighted by Gasteiger charge is -2.08. The molecule has 4 nitrogen and oxygen atoms in total. The van der Waals surface area contributed by atoms with E-state index in [4.69, 9.17) is 16.7 Å². The first-order chi connectivity index (χ1) is 9.81. The molecule has 0 aromatic heterocycles. The maximum atomic E-state index is 13.4. The van der Waals surface area contributed by atoms with Gasteiger partial charge in [0.15, 0.2) is 9.84 Å². The van der Waals surface area contributed by atoms with Crippen molar-refractivity contribution in [2.24, 2.45) is 0 Å². The fourth-order valence-corrected chi connectivity index (χ4v) is 3.75. The Hall–Kier alpha value is -1.92. The van der Waals surface area contributed by atoms with Gasteiger partial charge < -0.3 is 5.11 Å². The van der Waals surface area contributed by atoms with Crippen molar-refractivity contribution in [3.8, 4) is 0 Å². The van der Waals surface area contributed by atoms with Gasteiger partial charge in [0.2, 0.25) is 0 Å². The fraction of sp³-hybridized carbons (Fsp3) is 0.0714. The lowest BCUT2D eigenvalue weighted by Crippen LogP contribution is -2.09. The van der Waals surface area contributed by atoms with Gasteiger partial charge in [0.05, 0.1) is 21.2 Å². The third-order valence-electron chi connectivity index (χ3n) is 2.79. The van der Waals surface area contributed by atoms with Crippen LogP contribution in [0, 0.1) is 5.82 Å². The molecule has 0 bridgehead atoms. The van der Waals surface area contributed by atoms with E-state index in [1.54, 1.807) is 30.3 Å². The zero-order valence-electron chi connectivity index (χ0n) is 10.6. The number of carbonyl (C=O) groups is 1. The molecule has 0 saturated heterocycles. The molecular weight excluding hydrogens is 319 g/mol. The van der Waals surface area contributed by atoms with E-state index in [1.807, 2.05) is 0 Å². The molecule has 0 fully saturated rings. The lowest BCUT2D eigenvalue weighted by atomic mass is 10.2. The molecule has 0 aliphatic heterocycles. The molecule has 0 amide bonds. The fourth-order valence-electron chi connectivity index (χ4n) is 1.80. The smallest absolute Gasteiger partial charge is 0.338 e. The quantitative estimate of drug-likeness (QED) is 0.875. The van der Waals surface area contributed by atoms with Gasteiger partial charge in [0, 0.05) is 0 Å². The molecule has 2 aromatic carbocycles. The summed E-state index contributed by atoms with van der Waals surface area (Å²) >= 11 is 5.74. The van der Waals surface area contributed by atoms with Crippen LogP contribution in [0.4, 0.5) is 4.39 Å². The van der Waals surface area contributed by atoms with Gasteiger partial charge in [-0.15, -0.1) is 0 Å². The topological polar surface area (TPSA) is 71.4 Å². The summed E-state index contributed by atoms with van der Waals surface area (Å²) in [6.45, 7) is 0. The maximum Gasteiger partial charge on any atom is 0.338 e. The Morgan fingerprint density at radius 1 is 1.19 bits per heavy atom. The number of benzene rings is 2.